The van der Waals surface area contributed by atoms with Gasteiger partial charge in [-0.15, -0.1) is 0 Å². The number of carbonyl (C=O) groups is 1. The van der Waals surface area contributed by atoms with Gasteiger partial charge in [-0.25, -0.2) is 4.79 Å². The van der Waals surface area contributed by atoms with Crippen molar-refractivity contribution in [3.8, 4) is 0 Å². The van der Waals surface area contributed by atoms with Crippen molar-refractivity contribution < 1.29 is 14.6 Å². The van der Waals surface area contributed by atoms with Gasteiger partial charge < -0.3 is 9.84 Å². The monoisotopic (exact) mass is 242 g/mol. The molecule has 0 spiro atoms. The standard InChI is InChI=1S/C15H14O3/c1-18-15(17)13-9-7-12(8-10-13)14(16)11-5-3-2-4-6-11/h2-10,14,16H,1H3/t14-/m0/s1. The summed E-state index contributed by atoms with van der Waals surface area (Å²) in [5.41, 5.74) is 2.04. The van der Waals surface area contributed by atoms with Gasteiger partial charge in [0.25, 0.3) is 0 Å². The first-order valence-electron chi connectivity index (χ1n) is 5.63. The SMILES string of the molecule is COC(=O)c1ccc([C@@H](O)c2ccccc2)cc1. The number of hydrogen-bond donors (Lipinski definition) is 1. The van der Waals surface area contributed by atoms with E-state index in [1.165, 1.54) is 7.11 Å². The van der Waals surface area contributed by atoms with Gasteiger partial charge in [0.05, 0.1) is 12.7 Å². The Hall–Kier alpha value is -2.13. The highest BCUT2D eigenvalue weighted by Crippen LogP contribution is 2.21. The molecule has 3 nitrogen and oxygen atoms in total. The first-order valence-corrected chi connectivity index (χ1v) is 5.63. The van der Waals surface area contributed by atoms with Crippen LogP contribution >= 0.6 is 0 Å². The maximum Gasteiger partial charge on any atom is 0.337 e. The predicted molar refractivity (Wildman–Crippen MR) is 68.3 cm³/mol. The van der Waals surface area contributed by atoms with Crippen LogP contribution in [0.4, 0.5) is 0 Å². The molecule has 18 heavy (non-hydrogen) atoms. The lowest BCUT2D eigenvalue weighted by atomic mass is 10.0. The van der Waals surface area contributed by atoms with E-state index in [2.05, 4.69) is 4.74 Å². The van der Waals surface area contributed by atoms with Crippen LogP contribution in [0.5, 0.6) is 0 Å². The number of hydrogen-bond acceptors (Lipinski definition) is 3. The molecule has 0 bridgehead atoms. The van der Waals surface area contributed by atoms with E-state index in [0.717, 1.165) is 11.1 Å². The summed E-state index contributed by atoms with van der Waals surface area (Å²) in [6.07, 6.45) is -0.683. The molecule has 2 aromatic rings. The van der Waals surface area contributed by atoms with Gasteiger partial charge in [-0.05, 0) is 23.3 Å². The summed E-state index contributed by atoms with van der Waals surface area (Å²) >= 11 is 0. The third-order valence-corrected chi connectivity index (χ3v) is 2.76. The molecule has 0 fully saturated rings. The van der Waals surface area contributed by atoms with E-state index < -0.39 is 6.10 Å². The zero-order chi connectivity index (χ0) is 13.0. The van der Waals surface area contributed by atoms with Gasteiger partial charge in [-0.1, -0.05) is 42.5 Å². The average Bonchev–Trinajstić information content (AvgIpc) is 2.47. The van der Waals surface area contributed by atoms with Gasteiger partial charge >= 0.3 is 5.97 Å². The topological polar surface area (TPSA) is 46.5 Å². The van der Waals surface area contributed by atoms with Crippen LogP contribution in [0.2, 0.25) is 0 Å². The van der Waals surface area contributed by atoms with E-state index in [-0.39, 0.29) is 5.97 Å². The maximum atomic E-state index is 11.3. The van der Waals surface area contributed by atoms with Crippen molar-refractivity contribution in [1.82, 2.24) is 0 Å². The minimum absolute atomic E-state index is 0.379. The molecule has 2 rings (SSSR count). The summed E-state index contributed by atoms with van der Waals surface area (Å²) in [6, 6.07) is 16.1. The number of ether oxygens (including phenoxy) is 1. The molecule has 0 aliphatic rings. The Morgan fingerprint density at radius 2 is 1.56 bits per heavy atom. The number of aliphatic hydroxyl groups excluding tert-OH is 1. The van der Waals surface area contributed by atoms with Gasteiger partial charge in [0.1, 0.15) is 6.10 Å². The summed E-state index contributed by atoms with van der Waals surface area (Å²) in [5, 5.41) is 10.2. The zero-order valence-corrected chi connectivity index (χ0v) is 10.0. The summed E-state index contributed by atoms with van der Waals surface area (Å²) in [5.74, 6) is -0.379. The Labute approximate surface area is 106 Å². The highest BCUT2D eigenvalue weighted by Gasteiger charge is 2.11. The fraction of sp³-hybridized carbons (Fsp3) is 0.133. The molecule has 2 aromatic carbocycles. The van der Waals surface area contributed by atoms with Crippen molar-refractivity contribution in [2.75, 3.05) is 7.11 Å². The van der Waals surface area contributed by atoms with Crippen LogP contribution in [0.25, 0.3) is 0 Å². The van der Waals surface area contributed by atoms with Crippen LogP contribution in [0.15, 0.2) is 54.6 Å². The van der Waals surface area contributed by atoms with Crippen LogP contribution in [-0.4, -0.2) is 18.2 Å². The predicted octanol–water partition coefficient (Wildman–Crippen LogP) is 2.55. The lowest BCUT2D eigenvalue weighted by Crippen LogP contribution is -2.03. The molecule has 0 amide bonds. The van der Waals surface area contributed by atoms with E-state index in [4.69, 9.17) is 0 Å². The van der Waals surface area contributed by atoms with E-state index in [1.54, 1.807) is 24.3 Å². The molecular formula is C15H14O3. The lowest BCUT2D eigenvalue weighted by Gasteiger charge is -2.11. The molecule has 0 saturated carbocycles. The number of methoxy groups -OCH3 is 1. The van der Waals surface area contributed by atoms with Crippen LogP contribution in [0.1, 0.15) is 27.6 Å². The molecular weight excluding hydrogens is 228 g/mol. The second-order valence-corrected chi connectivity index (χ2v) is 3.93. The fourth-order valence-corrected chi connectivity index (χ4v) is 1.75. The number of benzene rings is 2. The van der Waals surface area contributed by atoms with E-state index >= 15 is 0 Å². The zero-order valence-electron chi connectivity index (χ0n) is 10.0. The molecule has 1 atom stereocenters. The fourth-order valence-electron chi connectivity index (χ4n) is 1.75. The van der Waals surface area contributed by atoms with Crippen molar-refractivity contribution in [2.24, 2.45) is 0 Å². The van der Waals surface area contributed by atoms with Crippen LogP contribution < -0.4 is 0 Å². The van der Waals surface area contributed by atoms with Gasteiger partial charge in [0.15, 0.2) is 0 Å². The normalized spacial score (nSPS) is 11.9. The molecule has 3 heteroatoms. The van der Waals surface area contributed by atoms with Crippen molar-refractivity contribution >= 4 is 5.97 Å². The highest BCUT2D eigenvalue weighted by atomic mass is 16.5. The third kappa shape index (κ3) is 2.57. The van der Waals surface area contributed by atoms with Gasteiger partial charge in [0.2, 0.25) is 0 Å². The van der Waals surface area contributed by atoms with Gasteiger partial charge in [0, 0.05) is 0 Å². The Kier molecular flexibility index (Phi) is 3.75. The minimum atomic E-state index is -0.683. The molecule has 0 saturated heterocycles. The molecule has 0 unspecified atom stereocenters. The Bertz CT molecular complexity index is 517. The molecule has 0 aliphatic heterocycles. The van der Waals surface area contributed by atoms with Crippen molar-refractivity contribution in [2.45, 2.75) is 6.10 Å². The highest BCUT2D eigenvalue weighted by molar-refractivity contribution is 5.89. The molecule has 0 aliphatic carbocycles. The summed E-state index contributed by atoms with van der Waals surface area (Å²) in [7, 11) is 1.34. The first-order chi connectivity index (χ1) is 8.72. The van der Waals surface area contributed by atoms with Crippen molar-refractivity contribution in [1.29, 1.82) is 0 Å². The largest absolute Gasteiger partial charge is 0.465 e. The molecule has 0 aromatic heterocycles. The van der Waals surface area contributed by atoms with Gasteiger partial charge in [-0.3, -0.25) is 0 Å². The second kappa shape index (κ2) is 5.47. The van der Waals surface area contributed by atoms with E-state index in [9.17, 15) is 9.90 Å². The molecule has 0 heterocycles. The number of esters is 1. The number of carbonyl (C=O) groups excluding carboxylic acids is 1. The maximum absolute atomic E-state index is 11.3. The third-order valence-electron chi connectivity index (χ3n) is 2.76. The smallest absolute Gasteiger partial charge is 0.337 e. The minimum Gasteiger partial charge on any atom is -0.465 e. The summed E-state index contributed by atoms with van der Waals surface area (Å²) in [6.45, 7) is 0. The quantitative estimate of drug-likeness (QED) is 0.841. The number of rotatable bonds is 3. The molecule has 92 valence electrons. The van der Waals surface area contributed by atoms with Crippen LogP contribution in [0.3, 0.4) is 0 Å². The number of aliphatic hydroxyl groups is 1. The Balaban J connectivity index is 2.22. The van der Waals surface area contributed by atoms with Gasteiger partial charge in [-0.2, -0.15) is 0 Å². The molecule has 1 N–H and O–H groups in total. The summed E-state index contributed by atoms with van der Waals surface area (Å²) < 4.78 is 4.62. The Morgan fingerprint density at radius 3 is 2.11 bits per heavy atom. The average molecular weight is 242 g/mol. The first kappa shape index (κ1) is 12.3. The summed E-state index contributed by atoms with van der Waals surface area (Å²) in [4.78, 5) is 11.3. The van der Waals surface area contributed by atoms with Crippen LogP contribution in [-0.2, 0) is 4.74 Å². The Morgan fingerprint density at radius 1 is 1.00 bits per heavy atom. The second-order valence-electron chi connectivity index (χ2n) is 3.93. The van der Waals surface area contributed by atoms with E-state index in [1.807, 2.05) is 30.3 Å². The van der Waals surface area contributed by atoms with Crippen molar-refractivity contribution in [3.05, 3.63) is 71.3 Å². The van der Waals surface area contributed by atoms with E-state index in [0.29, 0.717) is 5.56 Å². The van der Waals surface area contributed by atoms with Crippen molar-refractivity contribution in [3.63, 3.8) is 0 Å². The lowest BCUT2D eigenvalue weighted by molar-refractivity contribution is 0.0600. The van der Waals surface area contributed by atoms with Crippen LogP contribution in [0, 0.1) is 0 Å². The molecule has 0 radical (unpaired) electrons.